The van der Waals surface area contributed by atoms with Gasteiger partial charge in [-0.15, -0.1) is 0 Å². The van der Waals surface area contributed by atoms with Gasteiger partial charge in [-0.05, 0) is 38.5 Å². The largest absolute Gasteiger partial charge is 0.472 e. The summed E-state index contributed by atoms with van der Waals surface area (Å²) in [5.74, 6) is -0.309. The van der Waals surface area contributed by atoms with Crippen molar-refractivity contribution in [2.75, 3.05) is 54.1 Å². The Morgan fingerprint density at radius 1 is 0.517 bits per heavy atom. The van der Waals surface area contributed by atoms with Crippen molar-refractivity contribution >= 4 is 13.8 Å². The van der Waals surface area contributed by atoms with Gasteiger partial charge in [0.05, 0.1) is 34.4 Å². The third kappa shape index (κ3) is 46.3. The van der Waals surface area contributed by atoms with Crippen LogP contribution in [0.2, 0.25) is 0 Å². The molecular weight excluding hydrogens is 746 g/mol. The van der Waals surface area contributed by atoms with Crippen molar-refractivity contribution in [3.05, 3.63) is 12.2 Å². The topological polar surface area (TPSA) is 91.3 Å². The molecule has 0 aromatic heterocycles. The molecule has 0 aliphatic carbocycles. The summed E-state index contributed by atoms with van der Waals surface area (Å²) < 4.78 is 35.1. The second kappa shape index (κ2) is 42.9. The molecule has 0 heterocycles. The number of hydrogen-bond acceptors (Lipinski definition) is 6. The maximum absolute atomic E-state index is 12.7. The van der Waals surface area contributed by atoms with Crippen LogP contribution < -0.4 is 0 Å². The normalized spacial score (nSPS) is 13.7. The molecule has 0 bridgehead atoms. The molecule has 9 heteroatoms. The van der Waals surface area contributed by atoms with Crippen molar-refractivity contribution in [2.45, 2.75) is 245 Å². The van der Waals surface area contributed by atoms with Crippen molar-refractivity contribution in [1.29, 1.82) is 0 Å². The summed E-state index contributed by atoms with van der Waals surface area (Å²) in [4.78, 5) is 23.0. The van der Waals surface area contributed by atoms with E-state index >= 15 is 0 Å². The number of carbonyl (C=O) groups excluding carboxylic acids is 1. The van der Waals surface area contributed by atoms with Crippen molar-refractivity contribution in [1.82, 2.24) is 0 Å². The van der Waals surface area contributed by atoms with Crippen molar-refractivity contribution in [3.63, 3.8) is 0 Å². The van der Waals surface area contributed by atoms with Gasteiger partial charge in [0.25, 0.3) is 0 Å². The third-order valence-electron chi connectivity index (χ3n) is 11.1. The summed E-state index contributed by atoms with van der Waals surface area (Å²) >= 11 is 0. The zero-order chi connectivity index (χ0) is 42.7. The second-order valence-electron chi connectivity index (χ2n) is 18.2. The van der Waals surface area contributed by atoms with Gasteiger partial charge in [-0.3, -0.25) is 13.8 Å². The fourth-order valence-electron chi connectivity index (χ4n) is 7.20. The molecule has 2 unspecified atom stereocenters. The maximum Gasteiger partial charge on any atom is 0.472 e. The molecule has 0 aliphatic rings. The first-order valence-corrected chi connectivity index (χ1v) is 26.4. The molecular formula is C49H99NO7P+. The van der Waals surface area contributed by atoms with Gasteiger partial charge in [0, 0.05) is 13.0 Å². The molecule has 0 aromatic carbocycles. The zero-order valence-corrected chi connectivity index (χ0v) is 40.2. The van der Waals surface area contributed by atoms with E-state index in [1.165, 1.54) is 186 Å². The lowest BCUT2D eigenvalue weighted by Crippen LogP contribution is -2.37. The number of carbonyl (C=O) groups is 1. The molecule has 8 nitrogen and oxygen atoms in total. The van der Waals surface area contributed by atoms with Gasteiger partial charge in [-0.1, -0.05) is 206 Å². The van der Waals surface area contributed by atoms with Gasteiger partial charge in [0.1, 0.15) is 19.3 Å². The van der Waals surface area contributed by atoms with Crippen LogP contribution in [0, 0.1) is 0 Å². The van der Waals surface area contributed by atoms with Crippen LogP contribution in [0.5, 0.6) is 0 Å². The fraction of sp³-hybridized carbons (Fsp3) is 0.939. The van der Waals surface area contributed by atoms with E-state index in [9.17, 15) is 14.3 Å². The van der Waals surface area contributed by atoms with Crippen LogP contribution in [0.15, 0.2) is 12.2 Å². The number of nitrogens with zero attached hydrogens (tertiary/aromatic N) is 1. The Labute approximate surface area is 360 Å². The molecule has 0 saturated carbocycles. The Hall–Kier alpha value is -0.760. The molecule has 0 aliphatic heterocycles. The second-order valence-corrected chi connectivity index (χ2v) is 19.7. The standard InChI is InChI=1S/C49H98NO7P/c1-6-8-10-12-14-16-18-20-22-24-26-28-30-32-34-36-38-40-42-49(51)57-48(47-56-58(52,53)55-45-43-50(3,4)5)46-54-44-41-39-37-35-33-31-29-27-25-23-21-19-17-15-13-11-9-7-2/h21,23,48H,6-20,22,24-47H2,1-5H3/p+1/b23-21-. The van der Waals surface area contributed by atoms with E-state index in [4.69, 9.17) is 18.5 Å². The highest BCUT2D eigenvalue weighted by molar-refractivity contribution is 7.47. The Kier molecular flexibility index (Phi) is 42.3. The van der Waals surface area contributed by atoms with Gasteiger partial charge in [-0.25, -0.2) is 4.57 Å². The van der Waals surface area contributed by atoms with Crippen LogP contribution >= 0.6 is 7.82 Å². The Balaban J connectivity index is 4.13. The number of hydrogen-bond donors (Lipinski definition) is 1. The molecule has 0 rings (SSSR count). The maximum atomic E-state index is 12.7. The van der Waals surface area contributed by atoms with E-state index in [1.807, 2.05) is 21.1 Å². The van der Waals surface area contributed by atoms with Gasteiger partial charge < -0.3 is 18.9 Å². The molecule has 0 amide bonds. The molecule has 0 fully saturated rings. The Bertz CT molecular complexity index is 940. The van der Waals surface area contributed by atoms with Crippen LogP contribution in [0.3, 0.4) is 0 Å². The summed E-state index contributed by atoms with van der Waals surface area (Å²) in [6.45, 7) is 5.67. The van der Waals surface area contributed by atoms with E-state index in [1.54, 1.807) is 0 Å². The number of rotatable bonds is 47. The molecule has 58 heavy (non-hydrogen) atoms. The smallest absolute Gasteiger partial charge is 0.457 e. The first-order valence-electron chi connectivity index (χ1n) is 24.9. The number of quaternary nitrogens is 1. The summed E-state index contributed by atoms with van der Waals surface area (Å²) in [7, 11) is 1.68. The first-order chi connectivity index (χ1) is 28.1. The van der Waals surface area contributed by atoms with Crippen LogP contribution in [0.25, 0.3) is 0 Å². The predicted octanol–water partition coefficient (Wildman–Crippen LogP) is 15.0. The summed E-state index contributed by atoms with van der Waals surface area (Å²) in [5.41, 5.74) is 0. The van der Waals surface area contributed by atoms with Crippen molar-refractivity contribution < 1.29 is 37.3 Å². The van der Waals surface area contributed by atoms with Gasteiger partial charge in [0.15, 0.2) is 0 Å². The van der Waals surface area contributed by atoms with Crippen LogP contribution in [0.4, 0.5) is 0 Å². The van der Waals surface area contributed by atoms with Gasteiger partial charge >= 0.3 is 13.8 Å². The first kappa shape index (κ1) is 57.2. The summed E-state index contributed by atoms with van der Waals surface area (Å²) in [5, 5.41) is 0. The molecule has 1 N–H and O–H groups in total. The number of ether oxygens (including phenoxy) is 2. The number of allylic oxidation sites excluding steroid dienone is 2. The van der Waals surface area contributed by atoms with Crippen LogP contribution in [-0.4, -0.2) is 75.6 Å². The van der Waals surface area contributed by atoms with Crippen LogP contribution in [0.1, 0.15) is 239 Å². The lowest BCUT2D eigenvalue weighted by Gasteiger charge is -2.24. The molecule has 0 aromatic rings. The monoisotopic (exact) mass is 845 g/mol. The van der Waals surface area contributed by atoms with E-state index in [0.29, 0.717) is 24.1 Å². The zero-order valence-electron chi connectivity index (χ0n) is 39.3. The average molecular weight is 845 g/mol. The highest BCUT2D eigenvalue weighted by Crippen LogP contribution is 2.43. The molecule has 0 saturated heterocycles. The Morgan fingerprint density at radius 2 is 0.897 bits per heavy atom. The van der Waals surface area contributed by atoms with E-state index in [2.05, 4.69) is 26.0 Å². The van der Waals surface area contributed by atoms with Gasteiger partial charge in [-0.2, -0.15) is 0 Å². The lowest BCUT2D eigenvalue weighted by molar-refractivity contribution is -0.870. The minimum absolute atomic E-state index is 0.0916. The van der Waals surface area contributed by atoms with Gasteiger partial charge in [0.2, 0.25) is 0 Å². The number of likely N-dealkylation sites (N-methyl/N-ethyl adjacent to an activating group) is 1. The summed E-state index contributed by atoms with van der Waals surface area (Å²) in [6.07, 6.45) is 48.2. The third-order valence-corrected chi connectivity index (χ3v) is 12.1. The minimum atomic E-state index is -4.27. The quantitative estimate of drug-likeness (QED) is 0.0214. The molecule has 0 radical (unpaired) electrons. The Morgan fingerprint density at radius 3 is 1.31 bits per heavy atom. The van der Waals surface area contributed by atoms with E-state index in [0.717, 1.165) is 32.1 Å². The highest BCUT2D eigenvalue weighted by Gasteiger charge is 2.26. The van der Waals surface area contributed by atoms with E-state index < -0.39 is 13.9 Å². The molecule has 2 atom stereocenters. The number of phosphoric acid groups is 1. The predicted molar refractivity (Wildman–Crippen MR) is 247 cm³/mol. The molecule has 346 valence electrons. The van der Waals surface area contributed by atoms with E-state index in [-0.39, 0.29) is 25.8 Å². The molecule has 0 spiro atoms. The number of esters is 1. The highest BCUT2D eigenvalue weighted by atomic mass is 31.2. The number of unbranched alkanes of at least 4 members (excludes halogenated alkanes) is 31. The minimum Gasteiger partial charge on any atom is -0.457 e. The van der Waals surface area contributed by atoms with Crippen molar-refractivity contribution in [2.24, 2.45) is 0 Å². The lowest BCUT2D eigenvalue weighted by atomic mass is 10.0. The summed E-state index contributed by atoms with van der Waals surface area (Å²) in [6, 6.07) is 0. The SMILES string of the molecule is CCCCCCCC/C=C\CCCCCCCCCCOCC(COP(=O)(O)OCC[N+](C)(C)C)OC(=O)CCCCCCCCCCCCCCCCCCCC. The van der Waals surface area contributed by atoms with Crippen molar-refractivity contribution in [3.8, 4) is 0 Å². The fourth-order valence-corrected chi connectivity index (χ4v) is 7.94. The number of phosphoric ester groups is 1. The van der Waals surface area contributed by atoms with Crippen LogP contribution in [-0.2, 0) is 27.9 Å². The average Bonchev–Trinajstić information content (AvgIpc) is 3.18.